The number of aliphatic hydroxyl groups is 1. The average Bonchev–Trinajstić information content (AvgIpc) is 2.97. The number of phenolic OH excluding ortho intramolecular Hbond substituents is 1. The van der Waals surface area contributed by atoms with Crippen LogP contribution in [0.2, 0.25) is 0 Å². The van der Waals surface area contributed by atoms with Crippen molar-refractivity contribution in [3.8, 4) is 5.75 Å². The Hall–Kier alpha value is -1.59. The van der Waals surface area contributed by atoms with Crippen molar-refractivity contribution in [2.75, 3.05) is 13.2 Å². The van der Waals surface area contributed by atoms with Crippen LogP contribution < -0.4 is 5.32 Å². The highest BCUT2D eigenvalue weighted by Crippen LogP contribution is 2.61. The van der Waals surface area contributed by atoms with Crippen LogP contribution in [0.15, 0.2) is 12.1 Å². The maximum Gasteiger partial charge on any atom is 0.319 e. The molecule has 1 aromatic rings. The molecule has 0 radical (unpaired) electrons. The van der Waals surface area contributed by atoms with Crippen molar-refractivity contribution in [3.05, 3.63) is 28.8 Å². The van der Waals surface area contributed by atoms with Crippen LogP contribution in [0.25, 0.3) is 0 Å². The smallest absolute Gasteiger partial charge is 0.319 e. The number of ether oxygens (including phenoxy) is 1. The fraction of sp³-hybridized carbons (Fsp3) is 0.696. The van der Waals surface area contributed by atoms with Crippen LogP contribution in [0.3, 0.4) is 0 Å². The van der Waals surface area contributed by atoms with E-state index in [1.165, 1.54) is 11.1 Å². The van der Waals surface area contributed by atoms with Crippen LogP contribution >= 0.6 is 0 Å². The molecule has 3 aliphatic carbocycles. The third-order valence-electron chi connectivity index (χ3n) is 7.76. The van der Waals surface area contributed by atoms with Crippen molar-refractivity contribution in [2.24, 2.45) is 17.3 Å². The summed E-state index contributed by atoms with van der Waals surface area (Å²) >= 11 is 0. The normalized spacial score (nSPS) is 33.7. The number of esters is 1. The highest BCUT2D eigenvalue weighted by molar-refractivity contribution is 5.71. The van der Waals surface area contributed by atoms with Crippen LogP contribution in [-0.4, -0.2) is 35.4 Å². The van der Waals surface area contributed by atoms with Crippen molar-refractivity contribution >= 4 is 5.97 Å². The van der Waals surface area contributed by atoms with Crippen LogP contribution in [0.4, 0.5) is 0 Å². The summed E-state index contributed by atoms with van der Waals surface area (Å²) in [6.45, 7) is 5.07. The Morgan fingerprint density at radius 3 is 2.89 bits per heavy atom. The Morgan fingerprint density at radius 2 is 2.11 bits per heavy atom. The molecule has 3 aliphatic rings. The minimum atomic E-state index is -0.272. The van der Waals surface area contributed by atoms with E-state index >= 15 is 0 Å². The molecule has 4 rings (SSSR count). The first kappa shape index (κ1) is 19.7. The molecule has 0 spiro atoms. The molecule has 0 heterocycles. The van der Waals surface area contributed by atoms with Gasteiger partial charge in [-0.2, -0.15) is 0 Å². The lowest BCUT2D eigenvalue weighted by molar-refractivity contribution is -0.142. The van der Waals surface area contributed by atoms with Gasteiger partial charge in [0.15, 0.2) is 0 Å². The number of benzene rings is 1. The Kier molecular flexibility index (Phi) is 5.41. The lowest BCUT2D eigenvalue weighted by Crippen LogP contribution is -2.44. The number of nitrogens with one attached hydrogen (secondary N) is 1. The molecule has 0 amide bonds. The van der Waals surface area contributed by atoms with Crippen molar-refractivity contribution in [3.63, 3.8) is 0 Å². The quantitative estimate of drug-likeness (QED) is 0.676. The monoisotopic (exact) mass is 387 g/mol. The molecule has 5 heteroatoms. The zero-order chi connectivity index (χ0) is 19.9. The molecule has 2 fully saturated rings. The largest absolute Gasteiger partial charge is 0.508 e. The summed E-state index contributed by atoms with van der Waals surface area (Å²) in [5.74, 6) is 1.80. The van der Waals surface area contributed by atoms with Gasteiger partial charge >= 0.3 is 5.97 Å². The molecule has 5 atom stereocenters. The molecule has 0 saturated heterocycles. The van der Waals surface area contributed by atoms with Gasteiger partial charge in [0.1, 0.15) is 5.75 Å². The zero-order valence-electron chi connectivity index (χ0n) is 17.0. The van der Waals surface area contributed by atoms with Crippen molar-refractivity contribution in [1.82, 2.24) is 5.32 Å². The summed E-state index contributed by atoms with van der Waals surface area (Å²) in [6, 6.07) is 4.10. The van der Waals surface area contributed by atoms with E-state index in [0.717, 1.165) is 44.1 Å². The lowest BCUT2D eigenvalue weighted by atomic mass is 9.55. The molecule has 2 saturated carbocycles. The first-order valence-electron chi connectivity index (χ1n) is 10.8. The van der Waals surface area contributed by atoms with Crippen molar-refractivity contribution in [1.29, 1.82) is 0 Å². The third kappa shape index (κ3) is 3.33. The number of aryl methyl sites for hydroxylation is 1. The standard InChI is InChI=1S/C23H33NO4/c1-3-28-22(27)13-24-12-15-10-18-14(11-20(15)25)4-5-17-16(18)8-9-23(2)19(17)6-7-21(23)26/h10-11,16-17,19,21,24-26H,3-9,12-13H2,1-2H3/t16-,17+,19-,21-,23-/m0/s1. The Bertz CT molecular complexity index is 748. The SMILES string of the molecule is CCOC(=O)CNCc1cc2c(cc1O)CC[C@@H]1[C@@H]2CC[C@]2(C)[C@@H](O)CC[C@@H]12. The topological polar surface area (TPSA) is 78.8 Å². The highest BCUT2D eigenvalue weighted by Gasteiger charge is 2.54. The predicted octanol–water partition coefficient (Wildman–Crippen LogP) is 3.26. The van der Waals surface area contributed by atoms with Gasteiger partial charge in [-0.25, -0.2) is 0 Å². The number of carbonyl (C=O) groups excluding carboxylic acids is 1. The number of hydrogen-bond donors (Lipinski definition) is 3. The van der Waals surface area contributed by atoms with Gasteiger partial charge in [0.05, 0.1) is 19.3 Å². The van der Waals surface area contributed by atoms with Gasteiger partial charge < -0.3 is 20.3 Å². The first-order chi connectivity index (χ1) is 13.4. The van der Waals surface area contributed by atoms with E-state index in [4.69, 9.17) is 4.74 Å². The lowest BCUT2D eigenvalue weighted by Gasteiger charge is -2.50. The van der Waals surface area contributed by atoms with Gasteiger partial charge in [0.2, 0.25) is 0 Å². The van der Waals surface area contributed by atoms with Gasteiger partial charge in [-0.15, -0.1) is 0 Å². The van der Waals surface area contributed by atoms with Gasteiger partial charge in [0, 0.05) is 12.1 Å². The van der Waals surface area contributed by atoms with Crippen LogP contribution in [0, 0.1) is 17.3 Å². The number of fused-ring (bicyclic) bond motifs is 5. The molecule has 28 heavy (non-hydrogen) atoms. The van der Waals surface area contributed by atoms with E-state index in [1.807, 2.05) is 6.07 Å². The van der Waals surface area contributed by atoms with E-state index in [9.17, 15) is 15.0 Å². The van der Waals surface area contributed by atoms with Crippen LogP contribution in [-0.2, 0) is 22.5 Å². The minimum absolute atomic E-state index is 0.0830. The third-order valence-corrected chi connectivity index (χ3v) is 7.76. The number of rotatable bonds is 5. The second-order valence-corrected chi connectivity index (χ2v) is 9.14. The summed E-state index contributed by atoms with van der Waals surface area (Å²) in [7, 11) is 0. The maximum absolute atomic E-state index is 11.5. The summed E-state index contributed by atoms with van der Waals surface area (Å²) in [6.07, 6.45) is 6.28. The first-order valence-corrected chi connectivity index (χ1v) is 10.8. The van der Waals surface area contributed by atoms with E-state index in [0.29, 0.717) is 36.7 Å². The average molecular weight is 388 g/mol. The van der Waals surface area contributed by atoms with Crippen LogP contribution in [0.5, 0.6) is 5.75 Å². The number of phenols is 1. The summed E-state index contributed by atoms with van der Waals surface area (Å²) in [5.41, 5.74) is 3.59. The summed E-state index contributed by atoms with van der Waals surface area (Å²) in [4.78, 5) is 11.5. The van der Waals surface area contributed by atoms with E-state index in [1.54, 1.807) is 6.92 Å². The van der Waals surface area contributed by atoms with Gasteiger partial charge in [0.25, 0.3) is 0 Å². The minimum Gasteiger partial charge on any atom is -0.508 e. The predicted molar refractivity (Wildman–Crippen MR) is 107 cm³/mol. The molecular weight excluding hydrogens is 354 g/mol. The molecule has 1 aromatic carbocycles. The van der Waals surface area contributed by atoms with Crippen molar-refractivity contribution < 1.29 is 19.7 Å². The van der Waals surface area contributed by atoms with Gasteiger partial charge in [-0.3, -0.25) is 4.79 Å². The molecular formula is C23H33NO4. The maximum atomic E-state index is 11.5. The number of aromatic hydroxyl groups is 1. The molecule has 0 bridgehead atoms. The number of aliphatic hydroxyl groups excluding tert-OH is 1. The Morgan fingerprint density at radius 1 is 1.29 bits per heavy atom. The molecule has 0 aromatic heterocycles. The fourth-order valence-corrected chi connectivity index (χ4v) is 6.28. The highest BCUT2D eigenvalue weighted by atomic mass is 16.5. The summed E-state index contributed by atoms with van der Waals surface area (Å²) in [5, 5.41) is 24.1. The van der Waals surface area contributed by atoms with Crippen molar-refractivity contribution in [2.45, 2.75) is 70.9 Å². The molecule has 5 nitrogen and oxygen atoms in total. The van der Waals surface area contributed by atoms with E-state index in [2.05, 4.69) is 18.3 Å². The fourth-order valence-electron chi connectivity index (χ4n) is 6.28. The number of hydrogen-bond acceptors (Lipinski definition) is 5. The Balaban J connectivity index is 1.52. The zero-order valence-corrected chi connectivity index (χ0v) is 17.0. The Labute approximate surface area is 167 Å². The van der Waals surface area contributed by atoms with Gasteiger partial charge in [-0.1, -0.05) is 13.0 Å². The van der Waals surface area contributed by atoms with Crippen LogP contribution in [0.1, 0.15) is 68.6 Å². The van der Waals surface area contributed by atoms with Gasteiger partial charge in [-0.05, 0) is 85.8 Å². The second kappa shape index (κ2) is 7.68. The summed E-state index contributed by atoms with van der Waals surface area (Å²) < 4.78 is 4.95. The number of carbonyl (C=O) groups is 1. The van der Waals surface area contributed by atoms with E-state index < -0.39 is 0 Å². The molecule has 3 N–H and O–H groups in total. The molecule has 0 unspecified atom stereocenters. The second-order valence-electron chi connectivity index (χ2n) is 9.14. The van der Waals surface area contributed by atoms with E-state index in [-0.39, 0.29) is 24.0 Å². The molecule has 154 valence electrons. The molecule has 0 aliphatic heterocycles.